The zero-order valence-electron chi connectivity index (χ0n) is 14.7. The van der Waals surface area contributed by atoms with Crippen molar-refractivity contribution in [3.63, 3.8) is 0 Å². The molecule has 1 heterocycles. The first kappa shape index (κ1) is 19.9. The summed E-state index contributed by atoms with van der Waals surface area (Å²) >= 11 is 0. The lowest BCUT2D eigenvalue weighted by Gasteiger charge is -2.10. The van der Waals surface area contributed by atoms with E-state index in [0.29, 0.717) is 17.4 Å². The molecule has 29 heavy (non-hydrogen) atoms. The van der Waals surface area contributed by atoms with Crippen molar-refractivity contribution in [1.82, 2.24) is 10.3 Å². The number of hydrogen-bond acceptors (Lipinski definition) is 4. The lowest BCUT2D eigenvalue weighted by molar-refractivity contribution is -0.137. The summed E-state index contributed by atoms with van der Waals surface area (Å²) in [6.07, 6.45) is -3.82. The maximum atomic E-state index is 12.6. The van der Waals surface area contributed by atoms with Crippen LogP contribution in [0.25, 0.3) is 0 Å². The number of urea groups is 1. The molecular weight excluding hydrogens is 387 g/mol. The van der Waals surface area contributed by atoms with Gasteiger partial charge in [-0.05, 0) is 30.3 Å². The Morgan fingerprint density at radius 3 is 2.34 bits per heavy atom. The quantitative estimate of drug-likeness (QED) is 0.655. The summed E-state index contributed by atoms with van der Waals surface area (Å²) in [6, 6.07) is 15.5. The minimum absolute atomic E-state index is 0.0427. The molecular formula is C20H14F3N3O3. The van der Waals surface area contributed by atoms with E-state index in [1.807, 2.05) is 0 Å². The number of anilines is 1. The molecule has 0 bridgehead atoms. The third-order valence-corrected chi connectivity index (χ3v) is 3.64. The van der Waals surface area contributed by atoms with Gasteiger partial charge in [0, 0.05) is 29.6 Å². The van der Waals surface area contributed by atoms with Crippen molar-refractivity contribution in [2.45, 2.75) is 6.18 Å². The van der Waals surface area contributed by atoms with Crippen LogP contribution in [0.1, 0.15) is 15.9 Å². The lowest BCUT2D eigenvalue weighted by atomic mass is 10.2. The highest BCUT2D eigenvalue weighted by Crippen LogP contribution is 2.30. The minimum Gasteiger partial charge on any atom is -0.439 e. The maximum absolute atomic E-state index is 12.6. The van der Waals surface area contributed by atoms with Crippen LogP contribution < -0.4 is 15.4 Å². The van der Waals surface area contributed by atoms with Crippen molar-refractivity contribution in [3.8, 4) is 11.6 Å². The lowest BCUT2D eigenvalue weighted by Crippen LogP contribution is -2.34. The number of alkyl halides is 3. The molecule has 0 radical (unpaired) electrons. The molecule has 0 atom stereocenters. The second kappa shape index (κ2) is 8.42. The highest BCUT2D eigenvalue weighted by molar-refractivity contribution is 6.07. The molecule has 0 saturated heterocycles. The van der Waals surface area contributed by atoms with Crippen molar-refractivity contribution in [2.24, 2.45) is 0 Å². The predicted octanol–water partition coefficient (Wildman–Crippen LogP) is 4.85. The van der Waals surface area contributed by atoms with E-state index in [1.54, 1.807) is 42.5 Å². The first-order valence-electron chi connectivity index (χ1n) is 8.30. The Balaban J connectivity index is 1.62. The molecule has 9 heteroatoms. The van der Waals surface area contributed by atoms with E-state index in [2.05, 4.69) is 15.6 Å². The van der Waals surface area contributed by atoms with Gasteiger partial charge in [0.05, 0.1) is 5.56 Å². The van der Waals surface area contributed by atoms with Crippen LogP contribution in [-0.2, 0) is 6.18 Å². The number of hydrogen-bond donors (Lipinski definition) is 2. The molecule has 2 aromatic carbocycles. The van der Waals surface area contributed by atoms with Crippen molar-refractivity contribution < 1.29 is 27.5 Å². The van der Waals surface area contributed by atoms with E-state index in [0.717, 1.165) is 12.1 Å². The average molecular weight is 401 g/mol. The number of amides is 3. The Kier molecular flexibility index (Phi) is 5.77. The van der Waals surface area contributed by atoms with Gasteiger partial charge in [-0.1, -0.05) is 24.3 Å². The van der Waals surface area contributed by atoms with Crippen LogP contribution in [0.15, 0.2) is 72.9 Å². The summed E-state index contributed by atoms with van der Waals surface area (Å²) in [5, 5.41) is 4.66. The van der Waals surface area contributed by atoms with Crippen LogP contribution in [0.4, 0.5) is 23.7 Å². The van der Waals surface area contributed by atoms with Crippen LogP contribution >= 0.6 is 0 Å². The number of carbonyl (C=O) groups excluding carboxylic acids is 2. The number of nitrogens with zero attached hydrogens (tertiary/aromatic N) is 1. The highest BCUT2D eigenvalue weighted by Gasteiger charge is 2.30. The van der Waals surface area contributed by atoms with Gasteiger partial charge in [0.25, 0.3) is 5.91 Å². The topological polar surface area (TPSA) is 80.3 Å². The number of carbonyl (C=O) groups is 2. The number of ether oxygens (including phenoxy) is 1. The second-order valence-corrected chi connectivity index (χ2v) is 5.79. The Morgan fingerprint density at radius 1 is 0.931 bits per heavy atom. The van der Waals surface area contributed by atoms with Gasteiger partial charge in [-0.25, -0.2) is 9.78 Å². The second-order valence-electron chi connectivity index (χ2n) is 5.79. The third kappa shape index (κ3) is 5.55. The molecule has 0 fully saturated rings. The smallest absolute Gasteiger partial charge is 0.417 e. The molecule has 0 unspecified atom stereocenters. The average Bonchev–Trinajstić information content (AvgIpc) is 2.68. The van der Waals surface area contributed by atoms with E-state index in [4.69, 9.17) is 4.74 Å². The summed E-state index contributed by atoms with van der Waals surface area (Å²) in [6.45, 7) is 0. The number of aromatic nitrogens is 1. The standard InChI is InChI=1S/C20H14F3N3O3/c21-20(22,23)14-9-10-17(24-12-14)29-16-8-4-7-15(11-16)25-19(28)26-18(27)13-5-2-1-3-6-13/h1-12H,(H2,25,26,27,28). The zero-order chi connectivity index (χ0) is 20.9. The van der Waals surface area contributed by atoms with Gasteiger partial charge < -0.3 is 10.1 Å². The number of imide groups is 1. The molecule has 2 N–H and O–H groups in total. The van der Waals surface area contributed by atoms with Gasteiger partial charge >= 0.3 is 12.2 Å². The molecule has 3 amide bonds. The van der Waals surface area contributed by atoms with Crippen molar-refractivity contribution in [2.75, 3.05) is 5.32 Å². The Bertz CT molecular complexity index is 1010. The molecule has 3 aromatic rings. The summed E-state index contributed by atoms with van der Waals surface area (Å²) < 4.78 is 43.1. The van der Waals surface area contributed by atoms with E-state index < -0.39 is 23.7 Å². The summed E-state index contributed by atoms with van der Waals surface area (Å²) in [5.74, 6) is -0.368. The number of halogens is 3. The minimum atomic E-state index is -4.49. The van der Waals surface area contributed by atoms with Crippen LogP contribution in [-0.4, -0.2) is 16.9 Å². The van der Waals surface area contributed by atoms with E-state index in [-0.39, 0.29) is 11.6 Å². The maximum Gasteiger partial charge on any atom is 0.417 e. The Morgan fingerprint density at radius 2 is 1.69 bits per heavy atom. The molecule has 0 aliphatic rings. The number of pyridine rings is 1. The predicted molar refractivity (Wildman–Crippen MR) is 98.7 cm³/mol. The SMILES string of the molecule is O=C(NC(=O)c1ccccc1)Nc1cccc(Oc2ccc(C(F)(F)F)cn2)c1. The van der Waals surface area contributed by atoms with Gasteiger partial charge in [0.15, 0.2) is 0 Å². The monoisotopic (exact) mass is 401 g/mol. The molecule has 1 aromatic heterocycles. The molecule has 0 aliphatic heterocycles. The first-order chi connectivity index (χ1) is 13.8. The largest absolute Gasteiger partial charge is 0.439 e. The summed E-state index contributed by atoms with van der Waals surface area (Å²) in [4.78, 5) is 27.6. The van der Waals surface area contributed by atoms with Crippen molar-refractivity contribution in [3.05, 3.63) is 84.1 Å². The van der Waals surface area contributed by atoms with Gasteiger partial charge in [-0.2, -0.15) is 13.2 Å². The summed E-state index contributed by atoms with van der Waals surface area (Å²) in [5.41, 5.74) is -0.249. The Hall–Kier alpha value is -3.88. The van der Waals surface area contributed by atoms with Crippen LogP contribution in [0, 0.1) is 0 Å². The summed E-state index contributed by atoms with van der Waals surface area (Å²) in [7, 11) is 0. The fourth-order valence-corrected chi connectivity index (χ4v) is 2.29. The third-order valence-electron chi connectivity index (χ3n) is 3.64. The van der Waals surface area contributed by atoms with E-state index >= 15 is 0 Å². The van der Waals surface area contributed by atoms with Crippen LogP contribution in [0.5, 0.6) is 11.6 Å². The van der Waals surface area contributed by atoms with Crippen molar-refractivity contribution in [1.29, 1.82) is 0 Å². The van der Waals surface area contributed by atoms with Crippen molar-refractivity contribution >= 4 is 17.6 Å². The number of benzene rings is 2. The van der Waals surface area contributed by atoms with Gasteiger partial charge in [-0.15, -0.1) is 0 Å². The number of nitrogens with one attached hydrogen (secondary N) is 2. The van der Waals surface area contributed by atoms with E-state index in [1.165, 1.54) is 12.1 Å². The fourth-order valence-electron chi connectivity index (χ4n) is 2.29. The Labute approximate surface area is 163 Å². The first-order valence-corrected chi connectivity index (χ1v) is 8.30. The molecule has 3 rings (SSSR count). The highest BCUT2D eigenvalue weighted by atomic mass is 19.4. The molecule has 148 valence electrons. The van der Waals surface area contributed by atoms with Gasteiger partial charge in [0.2, 0.25) is 5.88 Å². The molecule has 0 spiro atoms. The van der Waals surface area contributed by atoms with Gasteiger partial charge in [-0.3, -0.25) is 10.1 Å². The molecule has 0 saturated carbocycles. The normalized spacial score (nSPS) is 10.9. The molecule has 0 aliphatic carbocycles. The number of rotatable bonds is 4. The van der Waals surface area contributed by atoms with Crippen LogP contribution in [0.3, 0.4) is 0 Å². The fraction of sp³-hybridized carbons (Fsp3) is 0.0500. The van der Waals surface area contributed by atoms with Gasteiger partial charge in [0.1, 0.15) is 5.75 Å². The van der Waals surface area contributed by atoms with E-state index in [9.17, 15) is 22.8 Å². The molecule has 6 nitrogen and oxygen atoms in total. The van der Waals surface area contributed by atoms with Crippen LogP contribution in [0.2, 0.25) is 0 Å². The zero-order valence-corrected chi connectivity index (χ0v) is 14.7.